The average Bonchev–Trinajstić information content (AvgIpc) is 3.28. The SMILES string of the molecule is CCCCCCCCCCCCCCCC(=O)O[C@H]1[C@H](O)[C@@H](O)[C@H](O)[C@H]1OCC(O)COCCCCCCCCCC(C)CCCCCC. The normalized spacial score (nSPS) is 22.1. The second-order valence-electron chi connectivity index (χ2n) is 15.2. The third-order valence-electron chi connectivity index (χ3n) is 10.3. The molecule has 1 rings (SSSR count). The lowest BCUT2D eigenvalue weighted by Crippen LogP contribution is -2.41. The number of unbranched alkanes of at least 4 members (excludes halogenated alkanes) is 21. The maximum absolute atomic E-state index is 12.5. The number of ether oxygens (including phenoxy) is 3. The lowest BCUT2D eigenvalue weighted by atomic mass is 9.96. The number of carbonyl (C=O) groups excluding carboxylic acids is 1. The van der Waals surface area contributed by atoms with Crippen LogP contribution in [0.3, 0.4) is 0 Å². The molecule has 0 aromatic carbocycles. The molecule has 1 fully saturated rings. The third-order valence-corrected chi connectivity index (χ3v) is 10.3. The molecule has 0 saturated heterocycles. The van der Waals surface area contributed by atoms with Crippen LogP contribution in [0.5, 0.6) is 0 Å². The van der Waals surface area contributed by atoms with Gasteiger partial charge < -0.3 is 34.6 Å². The van der Waals surface area contributed by atoms with Crippen molar-refractivity contribution in [2.45, 2.75) is 231 Å². The summed E-state index contributed by atoms with van der Waals surface area (Å²) in [6.07, 6.45) is 25.1. The Morgan fingerprint density at radius 2 is 0.980 bits per heavy atom. The van der Waals surface area contributed by atoms with Crippen LogP contribution in [0.1, 0.15) is 194 Å². The van der Waals surface area contributed by atoms with Gasteiger partial charge in [0.25, 0.3) is 0 Å². The Morgan fingerprint density at radius 3 is 1.51 bits per heavy atom. The van der Waals surface area contributed by atoms with E-state index in [-0.39, 0.29) is 19.6 Å². The van der Waals surface area contributed by atoms with Crippen LogP contribution in [0.25, 0.3) is 0 Å². The molecule has 8 heteroatoms. The number of hydrogen-bond donors (Lipinski definition) is 4. The van der Waals surface area contributed by atoms with Gasteiger partial charge in [-0.2, -0.15) is 0 Å². The Balaban J connectivity index is 2.09. The molecule has 0 spiro atoms. The van der Waals surface area contributed by atoms with Gasteiger partial charge in [-0.1, -0.05) is 175 Å². The summed E-state index contributed by atoms with van der Waals surface area (Å²) in [5.74, 6) is 0.382. The maximum Gasteiger partial charge on any atom is 0.306 e. The molecule has 0 bridgehead atoms. The molecular weight excluding hydrogens is 620 g/mol. The smallest absolute Gasteiger partial charge is 0.306 e. The van der Waals surface area contributed by atoms with Crippen molar-refractivity contribution in [2.24, 2.45) is 5.92 Å². The highest BCUT2D eigenvalue weighted by atomic mass is 16.6. The predicted octanol–water partition coefficient (Wildman–Crippen LogP) is 8.97. The molecule has 2 unspecified atom stereocenters. The summed E-state index contributed by atoms with van der Waals surface area (Å²) in [5, 5.41) is 41.4. The second-order valence-corrected chi connectivity index (χ2v) is 15.2. The molecule has 0 radical (unpaired) electrons. The van der Waals surface area contributed by atoms with Crippen LogP contribution in [0.2, 0.25) is 0 Å². The first kappa shape index (κ1) is 46.3. The monoisotopic (exact) mass is 701 g/mol. The Hall–Kier alpha value is -0.770. The number of hydrogen-bond acceptors (Lipinski definition) is 8. The molecular formula is C41H80O8. The topological polar surface area (TPSA) is 126 Å². The number of rotatable bonds is 35. The number of esters is 1. The molecule has 0 aliphatic heterocycles. The molecule has 8 nitrogen and oxygen atoms in total. The minimum atomic E-state index is -1.49. The highest BCUT2D eigenvalue weighted by Gasteiger charge is 2.52. The van der Waals surface area contributed by atoms with Crippen molar-refractivity contribution >= 4 is 5.97 Å². The Morgan fingerprint density at radius 1 is 0.551 bits per heavy atom. The molecule has 0 aromatic heterocycles. The first-order chi connectivity index (χ1) is 23.8. The van der Waals surface area contributed by atoms with Crippen LogP contribution in [-0.4, -0.2) is 82.8 Å². The fraction of sp³-hybridized carbons (Fsp3) is 0.976. The number of aliphatic hydroxyl groups excluding tert-OH is 4. The van der Waals surface area contributed by atoms with E-state index in [0.717, 1.165) is 31.6 Å². The quantitative estimate of drug-likeness (QED) is 0.0382. The van der Waals surface area contributed by atoms with Crippen LogP contribution in [0.15, 0.2) is 0 Å². The van der Waals surface area contributed by atoms with E-state index in [1.807, 2.05) is 0 Å². The van der Waals surface area contributed by atoms with E-state index in [0.29, 0.717) is 13.0 Å². The highest BCUT2D eigenvalue weighted by Crippen LogP contribution is 2.28. The van der Waals surface area contributed by atoms with Crippen molar-refractivity contribution in [3.8, 4) is 0 Å². The van der Waals surface area contributed by atoms with E-state index in [4.69, 9.17) is 14.2 Å². The summed E-state index contributed by atoms with van der Waals surface area (Å²) in [5.41, 5.74) is 0. The summed E-state index contributed by atoms with van der Waals surface area (Å²) >= 11 is 0. The minimum Gasteiger partial charge on any atom is -0.457 e. The lowest BCUT2D eigenvalue weighted by Gasteiger charge is -2.24. The van der Waals surface area contributed by atoms with Gasteiger partial charge in [-0.3, -0.25) is 4.79 Å². The van der Waals surface area contributed by atoms with Gasteiger partial charge in [0.15, 0.2) is 6.10 Å². The summed E-state index contributed by atoms with van der Waals surface area (Å²) in [4.78, 5) is 12.5. The molecule has 1 aliphatic carbocycles. The molecule has 292 valence electrons. The maximum atomic E-state index is 12.5. The molecule has 1 saturated carbocycles. The van der Waals surface area contributed by atoms with Gasteiger partial charge in [-0.15, -0.1) is 0 Å². The van der Waals surface area contributed by atoms with E-state index in [1.165, 1.54) is 135 Å². The van der Waals surface area contributed by atoms with Crippen LogP contribution in [-0.2, 0) is 19.0 Å². The number of aliphatic hydroxyl groups is 4. The van der Waals surface area contributed by atoms with E-state index in [9.17, 15) is 25.2 Å². The first-order valence-corrected chi connectivity index (χ1v) is 20.9. The van der Waals surface area contributed by atoms with Crippen LogP contribution >= 0.6 is 0 Å². The van der Waals surface area contributed by atoms with E-state index in [1.54, 1.807) is 0 Å². The molecule has 0 aromatic rings. The largest absolute Gasteiger partial charge is 0.457 e. The van der Waals surface area contributed by atoms with Gasteiger partial charge in [0.2, 0.25) is 0 Å². The highest BCUT2D eigenvalue weighted by molar-refractivity contribution is 5.69. The summed E-state index contributed by atoms with van der Waals surface area (Å²) in [6.45, 7) is 7.41. The minimum absolute atomic E-state index is 0.0913. The zero-order valence-corrected chi connectivity index (χ0v) is 32.2. The Kier molecular flexibility index (Phi) is 30.1. The zero-order valence-electron chi connectivity index (χ0n) is 32.2. The van der Waals surface area contributed by atoms with Crippen molar-refractivity contribution in [1.29, 1.82) is 0 Å². The van der Waals surface area contributed by atoms with E-state index < -0.39 is 42.6 Å². The van der Waals surface area contributed by atoms with Crippen molar-refractivity contribution < 1.29 is 39.4 Å². The second kappa shape index (κ2) is 31.9. The van der Waals surface area contributed by atoms with Crippen LogP contribution < -0.4 is 0 Å². The standard InChI is InChI=1S/C41H80O8/c1-4-6-8-10-11-12-13-14-15-16-19-22-26-30-36(43)49-41-39(46)37(44)38(45)40(41)48-33-35(42)32-47-31-27-23-20-17-18-21-25-29-34(3)28-24-9-7-5-2/h34-35,37-42,44-46H,4-33H2,1-3H3/t34?,35?,37-,38-,39+,40+,41-/m0/s1. The van der Waals surface area contributed by atoms with Crippen LogP contribution in [0.4, 0.5) is 0 Å². The van der Waals surface area contributed by atoms with Crippen molar-refractivity contribution in [1.82, 2.24) is 0 Å². The first-order valence-electron chi connectivity index (χ1n) is 20.9. The lowest BCUT2D eigenvalue weighted by molar-refractivity contribution is -0.168. The van der Waals surface area contributed by atoms with Crippen molar-refractivity contribution in [3.63, 3.8) is 0 Å². The van der Waals surface area contributed by atoms with Gasteiger partial charge >= 0.3 is 5.97 Å². The molecule has 1 aliphatic rings. The third kappa shape index (κ3) is 24.2. The van der Waals surface area contributed by atoms with E-state index in [2.05, 4.69) is 20.8 Å². The summed E-state index contributed by atoms with van der Waals surface area (Å²) in [6, 6.07) is 0. The van der Waals surface area contributed by atoms with Crippen LogP contribution in [0, 0.1) is 5.92 Å². The van der Waals surface area contributed by atoms with Gasteiger partial charge in [-0.25, -0.2) is 0 Å². The fourth-order valence-corrected chi connectivity index (χ4v) is 6.94. The summed E-state index contributed by atoms with van der Waals surface area (Å²) in [7, 11) is 0. The fourth-order valence-electron chi connectivity index (χ4n) is 6.94. The molecule has 49 heavy (non-hydrogen) atoms. The Labute approximate surface area is 301 Å². The zero-order chi connectivity index (χ0) is 36.0. The molecule has 0 heterocycles. The van der Waals surface area contributed by atoms with Crippen molar-refractivity contribution in [3.05, 3.63) is 0 Å². The molecule has 0 amide bonds. The van der Waals surface area contributed by atoms with E-state index >= 15 is 0 Å². The van der Waals surface area contributed by atoms with Gasteiger partial charge in [0.1, 0.15) is 30.5 Å². The molecule has 4 N–H and O–H groups in total. The summed E-state index contributed by atoms with van der Waals surface area (Å²) < 4.78 is 16.8. The van der Waals surface area contributed by atoms with Gasteiger partial charge in [-0.05, 0) is 18.8 Å². The van der Waals surface area contributed by atoms with Gasteiger partial charge in [0, 0.05) is 13.0 Å². The van der Waals surface area contributed by atoms with Gasteiger partial charge in [0.05, 0.1) is 13.2 Å². The molecule has 7 atom stereocenters. The number of carbonyl (C=O) groups is 1. The predicted molar refractivity (Wildman–Crippen MR) is 200 cm³/mol. The average molecular weight is 701 g/mol. The Bertz CT molecular complexity index is 736. The van der Waals surface area contributed by atoms with Crippen molar-refractivity contribution in [2.75, 3.05) is 19.8 Å².